The number of H-pyrrole nitrogens is 2. The molecule has 3 aliphatic carbocycles. The Bertz CT molecular complexity index is 2600. The fraction of sp³-hybridized carbons (Fsp3) is 0.435. The Kier molecular flexibility index (Phi) is 10.3. The molecule has 4 atom stereocenters. The molecule has 1 saturated heterocycles. The number of ether oxygens (including phenoxy) is 2. The zero-order chi connectivity index (χ0) is 43.7. The van der Waals surface area contributed by atoms with Gasteiger partial charge in [0.1, 0.15) is 24.2 Å². The molecule has 9 rings (SSSR count). The van der Waals surface area contributed by atoms with Crippen LogP contribution in [-0.4, -0.2) is 93.1 Å². The number of fused-ring (bicyclic) bond motifs is 6. The van der Waals surface area contributed by atoms with E-state index in [9.17, 15) is 19.2 Å². The first-order valence-corrected chi connectivity index (χ1v) is 21.1. The van der Waals surface area contributed by atoms with Gasteiger partial charge in [0.25, 0.3) is 5.92 Å². The number of carbonyl (C=O) groups is 4. The lowest BCUT2D eigenvalue weighted by Gasteiger charge is -2.34. The molecule has 1 aliphatic heterocycles. The number of hydrogen-bond acceptors (Lipinski definition) is 8. The zero-order valence-corrected chi connectivity index (χ0v) is 35.3. The van der Waals surface area contributed by atoms with Crippen molar-refractivity contribution in [2.24, 2.45) is 17.3 Å². The molecule has 3 heterocycles. The van der Waals surface area contributed by atoms with E-state index < -0.39 is 24.2 Å². The predicted molar refractivity (Wildman–Crippen MR) is 226 cm³/mol. The third kappa shape index (κ3) is 7.42. The molecule has 3 fully saturated rings. The van der Waals surface area contributed by atoms with Gasteiger partial charge >= 0.3 is 12.2 Å². The summed E-state index contributed by atoms with van der Waals surface area (Å²) in [6.07, 6.45) is 4.94. The lowest BCUT2D eigenvalue weighted by molar-refractivity contribution is -0.136. The molecule has 14 nitrogen and oxygen atoms in total. The maximum atomic E-state index is 16.5. The van der Waals surface area contributed by atoms with E-state index in [1.165, 1.54) is 20.3 Å². The number of rotatable bonds is 12. The number of amides is 4. The predicted octanol–water partition coefficient (Wildman–Crippen LogP) is 7.66. The van der Waals surface area contributed by atoms with Gasteiger partial charge in [-0.1, -0.05) is 51.1 Å². The third-order valence-electron chi connectivity index (χ3n) is 13.2. The second-order valence-electron chi connectivity index (χ2n) is 17.9. The fourth-order valence-corrected chi connectivity index (χ4v) is 9.64. The molecular formula is C46H50F2N8O6. The second-order valence-corrected chi connectivity index (χ2v) is 17.9. The van der Waals surface area contributed by atoms with Crippen molar-refractivity contribution in [1.82, 2.24) is 40.4 Å². The summed E-state index contributed by atoms with van der Waals surface area (Å²) in [6.45, 7) is 6.29. The highest BCUT2D eigenvalue weighted by molar-refractivity contribution is 5.88. The molecule has 2 aromatic heterocycles. The number of imidazole rings is 2. The molecule has 0 spiro atoms. The molecule has 4 N–H and O–H groups in total. The van der Waals surface area contributed by atoms with Crippen molar-refractivity contribution in [1.29, 1.82) is 0 Å². The molecule has 5 aromatic rings. The molecule has 4 aliphatic rings. The number of carbonyl (C=O) groups excluding carboxylic acids is 4. The topological polar surface area (TPSA) is 175 Å². The number of hydrogen-bond donors (Lipinski definition) is 4. The smallest absolute Gasteiger partial charge is 0.407 e. The summed E-state index contributed by atoms with van der Waals surface area (Å²) < 4.78 is 42.5. The number of piperidine rings is 1. The van der Waals surface area contributed by atoms with Gasteiger partial charge < -0.3 is 39.9 Å². The molecule has 3 unspecified atom stereocenters. The van der Waals surface area contributed by atoms with Crippen molar-refractivity contribution in [3.8, 4) is 33.5 Å². The molecule has 3 aromatic carbocycles. The number of nitrogens with one attached hydrogen (secondary N) is 4. The average Bonchev–Trinajstić information content (AvgIpc) is 3.84. The molecule has 324 valence electrons. The number of halogens is 2. The van der Waals surface area contributed by atoms with E-state index in [-0.39, 0.29) is 65.4 Å². The van der Waals surface area contributed by atoms with Crippen LogP contribution in [0.4, 0.5) is 18.4 Å². The molecule has 2 saturated carbocycles. The van der Waals surface area contributed by atoms with Crippen molar-refractivity contribution < 1.29 is 37.4 Å². The van der Waals surface area contributed by atoms with E-state index in [4.69, 9.17) is 9.72 Å². The van der Waals surface area contributed by atoms with Crippen LogP contribution in [0.25, 0.3) is 44.5 Å². The Hall–Kier alpha value is -6.32. The fourth-order valence-electron chi connectivity index (χ4n) is 9.64. The average molecular weight is 849 g/mol. The van der Waals surface area contributed by atoms with Crippen molar-refractivity contribution in [3.05, 3.63) is 83.6 Å². The van der Waals surface area contributed by atoms with E-state index >= 15 is 8.78 Å². The first kappa shape index (κ1) is 41.1. The van der Waals surface area contributed by atoms with Gasteiger partial charge in [-0.2, -0.15) is 8.78 Å². The summed E-state index contributed by atoms with van der Waals surface area (Å²) in [6, 6.07) is 14.8. The number of alkyl carbamates (subject to hydrolysis) is 2. The maximum absolute atomic E-state index is 16.5. The quantitative estimate of drug-likeness (QED) is 0.0991. The molecule has 4 amide bonds. The lowest BCUT2D eigenvalue weighted by atomic mass is 9.98. The second kappa shape index (κ2) is 15.5. The van der Waals surface area contributed by atoms with Crippen LogP contribution in [0.15, 0.2) is 60.8 Å². The van der Waals surface area contributed by atoms with Crippen molar-refractivity contribution in [3.63, 3.8) is 0 Å². The van der Waals surface area contributed by atoms with Gasteiger partial charge in [0.15, 0.2) is 0 Å². The highest BCUT2D eigenvalue weighted by Gasteiger charge is 2.50. The minimum atomic E-state index is -3.28. The summed E-state index contributed by atoms with van der Waals surface area (Å²) in [5.74, 6) is -2.53. The first-order chi connectivity index (χ1) is 29.7. The monoisotopic (exact) mass is 848 g/mol. The first-order valence-electron chi connectivity index (χ1n) is 21.1. The lowest BCUT2D eigenvalue weighted by Crippen LogP contribution is -2.52. The Labute approximate surface area is 357 Å². The van der Waals surface area contributed by atoms with Gasteiger partial charge in [0.05, 0.1) is 49.7 Å². The highest BCUT2D eigenvalue weighted by Crippen LogP contribution is 2.53. The number of alkyl halides is 2. The van der Waals surface area contributed by atoms with Crippen LogP contribution in [0.2, 0.25) is 0 Å². The van der Waals surface area contributed by atoms with Gasteiger partial charge in [0, 0.05) is 29.3 Å². The van der Waals surface area contributed by atoms with Gasteiger partial charge in [-0.05, 0) is 95.9 Å². The largest absolute Gasteiger partial charge is 0.453 e. The van der Waals surface area contributed by atoms with Crippen molar-refractivity contribution in [2.45, 2.75) is 83.5 Å². The maximum Gasteiger partial charge on any atom is 0.407 e. The van der Waals surface area contributed by atoms with Crippen LogP contribution >= 0.6 is 0 Å². The Morgan fingerprint density at radius 2 is 1.60 bits per heavy atom. The number of likely N-dealkylation sites (tertiary alicyclic amines) is 1. The summed E-state index contributed by atoms with van der Waals surface area (Å²) in [5, 5.41) is 5.17. The number of benzene rings is 3. The van der Waals surface area contributed by atoms with Crippen molar-refractivity contribution >= 4 is 35.0 Å². The van der Waals surface area contributed by atoms with Gasteiger partial charge in [-0.3, -0.25) is 9.59 Å². The van der Waals surface area contributed by atoms with E-state index in [1.807, 2.05) is 43.0 Å². The third-order valence-corrected chi connectivity index (χ3v) is 13.2. The van der Waals surface area contributed by atoms with Crippen LogP contribution in [0, 0.1) is 17.3 Å². The number of methoxy groups -OCH3 is 2. The number of nitrogens with zero attached hydrogens (tertiary/aromatic N) is 4. The molecule has 0 radical (unpaired) electrons. The van der Waals surface area contributed by atoms with Gasteiger partial charge in [-0.15, -0.1) is 0 Å². The van der Waals surface area contributed by atoms with Crippen LogP contribution < -0.4 is 10.6 Å². The zero-order valence-electron chi connectivity index (χ0n) is 35.3. The van der Waals surface area contributed by atoms with Gasteiger partial charge in [0.2, 0.25) is 11.8 Å². The van der Waals surface area contributed by atoms with Crippen LogP contribution in [0.3, 0.4) is 0 Å². The van der Waals surface area contributed by atoms with Crippen molar-refractivity contribution in [2.75, 3.05) is 27.3 Å². The molecular weight excluding hydrogens is 799 g/mol. The Balaban J connectivity index is 0.939. The Morgan fingerprint density at radius 3 is 2.29 bits per heavy atom. The number of aromatic nitrogens is 4. The van der Waals surface area contributed by atoms with E-state index in [1.54, 1.807) is 35.4 Å². The summed E-state index contributed by atoms with van der Waals surface area (Å²) in [7, 11) is 2.51. The molecule has 62 heavy (non-hydrogen) atoms. The number of aromatic amines is 2. The van der Waals surface area contributed by atoms with Gasteiger partial charge in [-0.25, -0.2) is 19.6 Å². The van der Waals surface area contributed by atoms with Crippen LogP contribution in [-0.2, 0) is 31.5 Å². The molecule has 16 heteroatoms. The SMILES string of the molecule is COC(=O)NCC(=O)N1C2CC[C@@H](C2)C1c1nc2ccc(-c3ccc4c(c3)C(F)(F)c3cc(-c5cnc(CN(CC6(C)CC6)C(=O)C(NC(=O)OC)C(C)C)[nH]5)ccc3-4)cc2[nH]1. The van der Waals surface area contributed by atoms with E-state index in [0.717, 1.165) is 43.2 Å². The minimum absolute atomic E-state index is 0.0266. The highest BCUT2D eigenvalue weighted by atomic mass is 19.3. The van der Waals surface area contributed by atoms with Crippen LogP contribution in [0.1, 0.15) is 81.7 Å². The van der Waals surface area contributed by atoms with E-state index in [0.29, 0.717) is 51.7 Å². The summed E-state index contributed by atoms with van der Waals surface area (Å²) in [4.78, 5) is 70.6. The minimum Gasteiger partial charge on any atom is -0.453 e. The summed E-state index contributed by atoms with van der Waals surface area (Å²) >= 11 is 0. The Morgan fingerprint density at radius 1 is 0.919 bits per heavy atom. The van der Waals surface area contributed by atoms with Crippen LogP contribution in [0.5, 0.6) is 0 Å². The normalized spacial score (nSPS) is 20.5. The standard InChI is InChI=1S/C46H50F2N8O6/c1-24(2)39(54-44(60)62-5)42(58)55(23-45(3)14-15-45)22-37-49-20-36(51-37)27-8-12-31-30-11-7-25(17-32(30)46(47,48)33(31)18-27)26-9-13-34-35(19-26)53-41(52-34)40-28-6-10-29(16-28)56(40)38(57)21-50-43(59)61-4/h7-9,11-13,17-20,24,28-29,39-40H,6,10,14-16,21-23H2,1-5H3,(H,49,51)(H,50,59)(H,52,53)(H,54,60)/t28-,29?,39?,40?/m0/s1. The van der Waals surface area contributed by atoms with E-state index in [2.05, 4.69) is 37.2 Å². The molecule has 2 bridgehead atoms. The summed E-state index contributed by atoms with van der Waals surface area (Å²) in [5.41, 5.74) is 4.55.